The number of morpholine rings is 1. The van der Waals surface area contributed by atoms with Gasteiger partial charge in [0, 0.05) is 32.7 Å². The zero-order chi connectivity index (χ0) is 10.9. The highest BCUT2D eigenvalue weighted by atomic mass is 16.5. The average molecular weight is 216 g/mol. The van der Waals surface area contributed by atoms with Crippen molar-refractivity contribution in [2.24, 2.45) is 0 Å². The first-order valence-electron chi connectivity index (χ1n) is 5.51. The van der Waals surface area contributed by atoms with E-state index >= 15 is 0 Å². The lowest BCUT2D eigenvalue weighted by atomic mass is 10.3. The molecular weight excluding hydrogens is 196 g/mol. The maximum atomic E-state index is 11.6. The first-order chi connectivity index (χ1) is 7.34. The highest BCUT2D eigenvalue weighted by Gasteiger charge is 2.15. The molecule has 0 spiro atoms. The molecule has 0 aromatic carbocycles. The number of nitrogens with one attached hydrogen (secondary N) is 1. The predicted octanol–water partition coefficient (Wildman–Crippen LogP) is -0.793. The van der Waals surface area contributed by atoms with Crippen LogP contribution in [0.4, 0.5) is 0 Å². The van der Waals surface area contributed by atoms with Crippen LogP contribution in [-0.2, 0) is 9.53 Å². The molecule has 0 aliphatic carbocycles. The van der Waals surface area contributed by atoms with Crippen molar-refractivity contribution in [3.05, 3.63) is 0 Å². The lowest BCUT2D eigenvalue weighted by molar-refractivity contribution is -0.135. The fraction of sp³-hybridized carbons (Fsp3) is 0.900. The van der Waals surface area contributed by atoms with Gasteiger partial charge in [-0.3, -0.25) is 4.79 Å². The van der Waals surface area contributed by atoms with Crippen LogP contribution in [0.25, 0.3) is 0 Å². The quantitative estimate of drug-likeness (QED) is 0.571. The molecule has 88 valence electrons. The molecule has 1 aliphatic rings. The number of hydrogen-bond donors (Lipinski definition) is 2. The predicted molar refractivity (Wildman–Crippen MR) is 56.6 cm³/mol. The summed E-state index contributed by atoms with van der Waals surface area (Å²) in [5, 5.41) is 11.7. The number of nitrogens with zero attached hydrogens (tertiary/aromatic N) is 1. The summed E-state index contributed by atoms with van der Waals surface area (Å²) in [6.45, 7) is 4.41. The van der Waals surface area contributed by atoms with Crippen molar-refractivity contribution in [1.29, 1.82) is 0 Å². The van der Waals surface area contributed by atoms with Crippen LogP contribution in [0.2, 0.25) is 0 Å². The third-order valence-electron chi connectivity index (χ3n) is 2.39. The molecule has 0 aromatic heterocycles. The Kier molecular flexibility index (Phi) is 6.31. The van der Waals surface area contributed by atoms with Crippen LogP contribution in [0.1, 0.15) is 12.8 Å². The Morgan fingerprint density at radius 3 is 2.73 bits per heavy atom. The molecule has 2 N–H and O–H groups in total. The van der Waals surface area contributed by atoms with E-state index in [9.17, 15) is 4.79 Å². The minimum Gasteiger partial charge on any atom is -0.396 e. The Morgan fingerprint density at radius 2 is 2.07 bits per heavy atom. The molecule has 1 rings (SSSR count). The summed E-state index contributed by atoms with van der Waals surface area (Å²) in [6.07, 6.45) is 1.27. The largest absolute Gasteiger partial charge is 0.396 e. The topological polar surface area (TPSA) is 61.8 Å². The number of aliphatic hydroxyl groups is 1. The van der Waals surface area contributed by atoms with E-state index in [4.69, 9.17) is 9.84 Å². The van der Waals surface area contributed by atoms with Crippen LogP contribution in [-0.4, -0.2) is 61.9 Å². The molecule has 1 saturated heterocycles. The highest BCUT2D eigenvalue weighted by molar-refractivity contribution is 5.76. The molecule has 5 nitrogen and oxygen atoms in total. The summed E-state index contributed by atoms with van der Waals surface area (Å²) in [5.74, 6) is 0.190. The van der Waals surface area contributed by atoms with Crippen molar-refractivity contribution in [3.8, 4) is 0 Å². The molecular formula is C10H20N2O3. The maximum absolute atomic E-state index is 11.6. The van der Waals surface area contributed by atoms with E-state index in [1.54, 1.807) is 0 Å². The lowest BCUT2D eigenvalue weighted by Gasteiger charge is -2.26. The second kappa shape index (κ2) is 7.62. The van der Waals surface area contributed by atoms with Crippen molar-refractivity contribution in [1.82, 2.24) is 10.2 Å². The lowest BCUT2D eigenvalue weighted by Crippen LogP contribution is -2.41. The fourth-order valence-electron chi connectivity index (χ4n) is 1.50. The van der Waals surface area contributed by atoms with Crippen molar-refractivity contribution >= 4 is 5.91 Å². The zero-order valence-electron chi connectivity index (χ0n) is 9.07. The van der Waals surface area contributed by atoms with Gasteiger partial charge in [-0.2, -0.15) is 0 Å². The Hall–Kier alpha value is -0.650. The Labute approximate surface area is 90.4 Å². The van der Waals surface area contributed by atoms with Crippen LogP contribution in [0.15, 0.2) is 0 Å². The molecule has 0 aromatic rings. The molecule has 0 saturated carbocycles. The van der Waals surface area contributed by atoms with Crippen LogP contribution in [0.3, 0.4) is 0 Å². The number of rotatable bonds is 6. The molecule has 0 bridgehead atoms. The van der Waals surface area contributed by atoms with Gasteiger partial charge in [-0.15, -0.1) is 0 Å². The number of ether oxygens (including phenoxy) is 1. The normalized spacial score (nSPS) is 16.7. The van der Waals surface area contributed by atoms with Gasteiger partial charge in [-0.05, 0) is 13.0 Å². The summed E-state index contributed by atoms with van der Waals surface area (Å²) >= 11 is 0. The second-order valence-corrected chi connectivity index (χ2v) is 3.57. The third-order valence-corrected chi connectivity index (χ3v) is 2.39. The van der Waals surface area contributed by atoms with Gasteiger partial charge in [0.15, 0.2) is 0 Å². The molecule has 1 amide bonds. The van der Waals surface area contributed by atoms with Gasteiger partial charge in [-0.25, -0.2) is 0 Å². The molecule has 1 fully saturated rings. The van der Waals surface area contributed by atoms with Gasteiger partial charge in [0.05, 0.1) is 13.2 Å². The molecule has 1 heterocycles. The average Bonchev–Trinajstić information content (AvgIpc) is 2.30. The van der Waals surface area contributed by atoms with E-state index in [-0.39, 0.29) is 12.5 Å². The highest BCUT2D eigenvalue weighted by Crippen LogP contribution is 1.99. The number of aliphatic hydroxyl groups excluding tert-OH is 1. The summed E-state index contributed by atoms with van der Waals surface area (Å²) in [4.78, 5) is 13.5. The van der Waals surface area contributed by atoms with Crippen molar-refractivity contribution in [3.63, 3.8) is 0 Å². The summed E-state index contributed by atoms with van der Waals surface area (Å²) in [5.41, 5.74) is 0. The van der Waals surface area contributed by atoms with E-state index in [2.05, 4.69) is 5.32 Å². The smallest absolute Gasteiger partial charge is 0.224 e. The summed E-state index contributed by atoms with van der Waals surface area (Å²) < 4.78 is 5.17. The Balaban J connectivity index is 2.02. The summed E-state index contributed by atoms with van der Waals surface area (Å²) in [6, 6.07) is 0. The molecule has 0 atom stereocenters. The van der Waals surface area contributed by atoms with Crippen molar-refractivity contribution in [2.45, 2.75) is 12.8 Å². The van der Waals surface area contributed by atoms with Gasteiger partial charge in [0.25, 0.3) is 0 Å². The minimum absolute atomic E-state index is 0.190. The number of carbonyl (C=O) groups excluding carboxylic acids is 1. The van der Waals surface area contributed by atoms with Crippen LogP contribution in [0, 0.1) is 0 Å². The standard InChI is InChI=1S/C10H20N2O3/c13-7-1-3-11-4-2-10(14)12-5-8-15-9-6-12/h11,13H,1-9H2. The molecule has 0 unspecified atom stereocenters. The van der Waals surface area contributed by atoms with Crippen molar-refractivity contribution in [2.75, 3.05) is 46.0 Å². The van der Waals surface area contributed by atoms with Gasteiger partial charge in [0.1, 0.15) is 0 Å². The number of carbonyl (C=O) groups is 1. The third kappa shape index (κ3) is 5.11. The van der Waals surface area contributed by atoms with Gasteiger partial charge < -0.3 is 20.1 Å². The van der Waals surface area contributed by atoms with E-state index in [0.717, 1.165) is 26.1 Å². The monoisotopic (exact) mass is 216 g/mol. The van der Waals surface area contributed by atoms with Crippen LogP contribution < -0.4 is 5.32 Å². The maximum Gasteiger partial charge on any atom is 0.224 e. The number of amides is 1. The minimum atomic E-state index is 0.190. The number of hydrogen-bond acceptors (Lipinski definition) is 4. The van der Waals surface area contributed by atoms with Gasteiger partial charge in [-0.1, -0.05) is 0 Å². The van der Waals surface area contributed by atoms with E-state index in [1.807, 2.05) is 4.90 Å². The Bertz CT molecular complexity index is 182. The van der Waals surface area contributed by atoms with E-state index in [0.29, 0.717) is 26.2 Å². The zero-order valence-corrected chi connectivity index (χ0v) is 9.07. The molecule has 0 radical (unpaired) electrons. The molecule has 1 aliphatic heterocycles. The van der Waals surface area contributed by atoms with E-state index in [1.165, 1.54) is 0 Å². The van der Waals surface area contributed by atoms with Crippen LogP contribution in [0.5, 0.6) is 0 Å². The molecule has 15 heavy (non-hydrogen) atoms. The van der Waals surface area contributed by atoms with Crippen molar-refractivity contribution < 1.29 is 14.6 Å². The Morgan fingerprint density at radius 1 is 1.33 bits per heavy atom. The van der Waals surface area contributed by atoms with Crippen LogP contribution >= 0.6 is 0 Å². The molecule has 5 heteroatoms. The van der Waals surface area contributed by atoms with Gasteiger partial charge >= 0.3 is 0 Å². The first-order valence-corrected chi connectivity index (χ1v) is 5.51. The SMILES string of the molecule is O=C(CCNCCCO)N1CCOCC1. The fourth-order valence-corrected chi connectivity index (χ4v) is 1.50. The second-order valence-electron chi connectivity index (χ2n) is 3.57. The summed E-state index contributed by atoms with van der Waals surface area (Å²) in [7, 11) is 0. The van der Waals surface area contributed by atoms with Gasteiger partial charge in [0.2, 0.25) is 5.91 Å². The van der Waals surface area contributed by atoms with E-state index < -0.39 is 0 Å². The first kappa shape index (κ1) is 12.4.